The van der Waals surface area contributed by atoms with Crippen LogP contribution in [0.2, 0.25) is 0 Å². The number of guanidine groups is 1. The van der Waals surface area contributed by atoms with Gasteiger partial charge in [0.25, 0.3) is 0 Å². The Bertz CT molecular complexity index is 646. The molecule has 0 aromatic carbocycles. The van der Waals surface area contributed by atoms with Gasteiger partial charge in [0, 0.05) is 42.7 Å². The zero-order valence-electron chi connectivity index (χ0n) is 15.9. The predicted octanol–water partition coefficient (Wildman–Crippen LogP) is 2.44. The zero-order chi connectivity index (χ0) is 18.2. The van der Waals surface area contributed by atoms with E-state index in [1.807, 2.05) is 17.9 Å². The molecule has 0 saturated carbocycles. The number of rotatable bonds is 8. The molecule has 0 fully saturated rings. The van der Waals surface area contributed by atoms with E-state index in [0.717, 1.165) is 25.6 Å². The molecule has 2 rings (SSSR count). The molecular formula is C18H30N6S. The Hall–Kier alpha value is -1.86. The van der Waals surface area contributed by atoms with Crippen molar-refractivity contribution in [3.05, 3.63) is 40.3 Å². The number of hydrogen-bond acceptors (Lipinski definition) is 4. The second kappa shape index (κ2) is 9.58. The Kier molecular flexibility index (Phi) is 7.46. The topological polar surface area (TPSA) is 57.5 Å². The SMILES string of the molecule is CCNC(=NCC(C)c1cccs1)NCC(c1cnn(C)c1)N(C)C. The molecule has 2 atom stereocenters. The molecule has 0 aliphatic rings. The van der Waals surface area contributed by atoms with Crippen LogP contribution in [0.5, 0.6) is 0 Å². The lowest BCUT2D eigenvalue weighted by atomic mass is 10.1. The largest absolute Gasteiger partial charge is 0.357 e. The van der Waals surface area contributed by atoms with Crippen LogP contribution >= 0.6 is 11.3 Å². The van der Waals surface area contributed by atoms with Crippen LogP contribution in [0.4, 0.5) is 0 Å². The van der Waals surface area contributed by atoms with E-state index in [0.29, 0.717) is 5.92 Å². The fraction of sp³-hybridized carbons (Fsp3) is 0.556. The third kappa shape index (κ3) is 5.86. The summed E-state index contributed by atoms with van der Waals surface area (Å²) in [7, 11) is 6.12. The van der Waals surface area contributed by atoms with Crippen LogP contribution in [0.3, 0.4) is 0 Å². The van der Waals surface area contributed by atoms with Crippen molar-refractivity contribution in [2.75, 3.05) is 33.7 Å². The third-order valence-corrected chi connectivity index (χ3v) is 5.20. The van der Waals surface area contributed by atoms with Crippen molar-refractivity contribution in [3.63, 3.8) is 0 Å². The van der Waals surface area contributed by atoms with Gasteiger partial charge in [-0.25, -0.2) is 0 Å². The molecular weight excluding hydrogens is 332 g/mol. The van der Waals surface area contributed by atoms with Gasteiger partial charge in [0.2, 0.25) is 0 Å². The second-order valence-electron chi connectivity index (χ2n) is 6.44. The Labute approximate surface area is 155 Å². The van der Waals surface area contributed by atoms with Gasteiger partial charge in [-0.3, -0.25) is 9.67 Å². The van der Waals surface area contributed by atoms with Gasteiger partial charge in [-0.15, -0.1) is 11.3 Å². The molecule has 0 spiro atoms. The van der Waals surface area contributed by atoms with Crippen LogP contribution in [0.15, 0.2) is 34.9 Å². The summed E-state index contributed by atoms with van der Waals surface area (Å²) in [5, 5.41) is 13.2. The maximum Gasteiger partial charge on any atom is 0.191 e. The first-order valence-electron chi connectivity index (χ1n) is 8.71. The van der Waals surface area contributed by atoms with Crippen molar-refractivity contribution in [2.45, 2.75) is 25.8 Å². The molecule has 2 heterocycles. The fourth-order valence-corrected chi connectivity index (χ4v) is 3.41. The van der Waals surface area contributed by atoms with Gasteiger partial charge >= 0.3 is 0 Å². The highest BCUT2D eigenvalue weighted by Gasteiger charge is 2.16. The van der Waals surface area contributed by atoms with Gasteiger partial charge in [-0.05, 0) is 32.5 Å². The third-order valence-electron chi connectivity index (χ3n) is 4.09. The van der Waals surface area contributed by atoms with Crippen LogP contribution < -0.4 is 10.6 Å². The molecule has 7 heteroatoms. The van der Waals surface area contributed by atoms with Gasteiger partial charge in [0.1, 0.15) is 0 Å². The Morgan fingerprint density at radius 1 is 1.40 bits per heavy atom. The molecule has 138 valence electrons. The summed E-state index contributed by atoms with van der Waals surface area (Å²) >= 11 is 1.79. The van der Waals surface area contributed by atoms with Crippen LogP contribution in [0.25, 0.3) is 0 Å². The number of aryl methyl sites for hydroxylation is 1. The molecule has 6 nitrogen and oxygen atoms in total. The standard InChI is InChI=1S/C18H30N6S/c1-6-19-18(20-10-14(2)17-8-7-9-25-17)21-12-16(23(3)4)15-11-22-24(5)13-15/h7-9,11,13-14,16H,6,10,12H2,1-5H3,(H2,19,20,21). The summed E-state index contributed by atoms with van der Waals surface area (Å²) in [5.41, 5.74) is 1.20. The van der Waals surface area contributed by atoms with Gasteiger partial charge in [-0.1, -0.05) is 13.0 Å². The fourth-order valence-electron chi connectivity index (χ4n) is 2.64. The monoisotopic (exact) mass is 362 g/mol. The van der Waals surface area contributed by atoms with E-state index in [-0.39, 0.29) is 6.04 Å². The molecule has 0 aliphatic carbocycles. The minimum atomic E-state index is 0.243. The molecule has 0 bridgehead atoms. The van der Waals surface area contributed by atoms with Gasteiger partial charge in [-0.2, -0.15) is 5.10 Å². The van der Waals surface area contributed by atoms with E-state index in [2.05, 4.69) is 72.3 Å². The van der Waals surface area contributed by atoms with Crippen molar-refractivity contribution >= 4 is 17.3 Å². The van der Waals surface area contributed by atoms with E-state index >= 15 is 0 Å². The first-order valence-corrected chi connectivity index (χ1v) is 9.59. The zero-order valence-corrected chi connectivity index (χ0v) is 16.7. The molecule has 2 N–H and O–H groups in total. The Balaban J connectivity index is 1.98. The number of nitrogens with zero attached hydrogens (tertiary/aromatic N) is 4. The number of nitrogens with one attached hydrogen (secondary N) is 2. The van der Waals surface area contributed by atoms with Gasteiger partial charge < -0.3 is 15.5 Å². The van der Waals surface area contributed by atoms with Gasteiger partial charge in [0.15, 0.2) is 5.96 Å². The quantitative estimate of drug-likeness (QED) is 0.559. The summed E-state index contributed by atoms with van der Waals surface area (Å²) in [4.78, 5) is 8.33. The summed E-state index contributed by atoms with van der Waals surface area (Å²) in [6.07, 6.45) is 3.99. The summed E-state index contributed by atoms with van der Waals surface area (Å²) in [5.74, 6) is 1.29. The normalized spacial score (nSPS) is 14.6. The van der Waals surface area contributed by atoms with Crippen molar-refractivity contribution in [3.8, 4) is 0 Å². The molecule has 0 aliphatic heterocycles. The highest BCUT2D eigenvalue weighted by Crippen LogP contribution is 2.20. The smallest absolute Gasteiger partial charge is 0.191 e. The average Bonchev–Trinajstić information content (AvgIpc) is 3.24. The molecule has 2 aromatic rings. The summed E-state index contributed by atoms with van der Waals surface area (Å²) < 4.78 is 1.84. The number of aliphatic imine (C=N–C) groups is 1. The summed E-state index contributed by atoms with van der Waals surface area (Å²) in [6, 6.07) is 4.52. The molecule has 25 heavy (non-hydrogen) atoms. The van der Waals surface area contributed by atoms with Crippen molar-refractivity contribution < 1.29 is 0 Å². The first-order chi connectivity index (χ1) is 12.0. The summed E-state index contributed by atoms with van der Waals surface area (Å²) in [6.45, 7) is 6.70. The number of hydrogen-bond donors (Lipinski definition) is 2. The Morgan fingerprint density at radius 2 is 2.20 bits per heavy atom. The average molecular weight is 363 g/mol. The number of likely N-dealkylation sites (N-methyl/N-ethyl adjacent to an activating group) is 1. The van der Waals surface area contributed by atoms with Crippen LogP contribution in [0.1, 0.15) is 36.2 Å². The maximum absolute atomic E-state index is 4.76. The van der Waals surface area contributed by atoms with Crippen molar-refractivity contribution in [1.82, 2.24) is 25.3 Å². The lowest BCUT2D eigenvalue weighted by Gasteiger charge is -2.24. The van der Waals surface area contributed by atoms with Crippen LogP contribution in [-0.4, -0.2) is 54.4 Å². The molecule has 0 radical (unpaired) electrons. The van der Waals surface area contributed by atoms with E-state index in [1.54, 1.807) is 11.3 Å². The Morgan fingerprint density at radius 3 is 2.76 bits per heavy atom. The first kappa shape index (κ1) is 19.5. The number of thiophene rings is 1. The van der Waals surface area contributed by atoms with E-state index in [9.17, 15) is 0 Å². The minimum absolute atomic E-state index is 0.243. The lowest BCUT2D eigenvalue weighted by molar-refractivity contribution is 0.298. The molecule has 2 unspecified atom stereocenters. The van der Waals surface area contributed by atoms with Crippen LogP contribution in [-0.2, 0) is 7.05 Å². The van der Waals surface area contributed by atoms with Crippen molar-refractivity contribution in [1.29, 1.82) is 0 Å². The van der Waals surface area contributed by atoms with E-state index in [4.69, 9.17) is 4.99 Å². The maximum atomic E-state index is 4.76. The number of aromatic nitrogens is 2. The van der Waals surface area contributed by atoms with E-state index in [1.165, 1.54) is 10.4 Å². The molecule has 2 aromatic heterocycles. The van der Waals surface area contributed by atoms with Crippen LogP contribution in [0, 0.1) is 0 Å². The lowest BCUT2D eigenvalue weighted by Crippen LogP contribution is -2.42. The highest BCUT2D eigenvalue weighted by atomic mass is 32.1. The van der Waals surface area contributed by atoms with Crippen molar-refractivity contribution in [2.24, 2.45) is 12.0 Å². The predicted molar refractivity (Wildman–Crippen MR) is 106 cm³/mol. The van der Waals surface area contributed by atoms with E-state index < -0.39 is 0 Å². The minimum Gasteiger partial charge on any atom is -0.357 e. The molecule has 0 amide bonds. The highest BCUT2D eigenvalue weighted by molar-refractivity contribution is 7.10. The second-order valence-corrected chi connectivity index (χ2v) is 7.42. The van der Waals surface area contributed by atoms with Gasteiger partial charge in [0.05, 0.1) is 18.8 Å². The molecule has 0 saturated heterocycles.